The van der Waals surface area contributed by atoms with Crippen molar-refractivity contribution in [3.63, 3.8) is 0 Å². The molecule has 0 saturated heterocycles. The maximum absolute atomic E-state index is 9.52. The van der Waals surface area contributed by atoms with Gasteiger partial charge in [-0.3, -0.25) is 10.7 Å². The summed E-state index contributed by atoms with van der Waals surface area (Å²) in [6.07, 6.45) is 1.68. The van der Waals surface area contributed by atoms with Crippen LogP contribution in [0.4, 0.5) is 0 Å². The van der Waals surface area contributed by atoms with Crippen molar-refractivity contribution in [3.05, 3.63) is 12.3 Å². The third kappa shape index (κ3) is 4.97. The number of carboxylic acid groups (broad SMARTS) is 1. The van der Waals surface area contributed by atoms with E-state index < -0.39 is 5.97 Å². The number of rotatable bonds is 2. The Morgan fingerprint density at radius 2 is 2.29 bits per heavy atom. The molecule has 0 radical (unpaired) electrons. The van der Waals surface area contributed by atoms with Crippen LogP contribution in [0.1, 0.15) is 0 Å². The van der Waals surface area contributed by atoms with Gasteiger partial charge in [0.15, 0.2) is 0 Å². The minimum absolute atomic E-state index is 0.778. The van der Waals surface area contributed by atoms with E-state index in [9.17, 15) is 4.79 Å². The summed E-state index contributed by atoms with van der Waals surface area (Å²) in [5, 5.41) is 15.5. The fraction of sp³-hybridized carbons (Fsp3) is 0. The average molecular weight is 103 g/mol. The van der Waals surface area contributed by atoms with Crippen LogP contribution in [0, 0.1) is 0 Å². The van der Waals surface area contributed by atoms with Crippen LogP contribution < -0.4 is 5.48 Å². The highest BCUT2D eigenvalue weighted by Crippen LogP contribution is 1.62. The second-order valence-electron chi connectivity index (χ2n) is 0.801. The molecule has 4 heteroatoms. The van der Waals surface area contributed by atoms with Crippen molar-refractivity contribution < 1.29 is 15.1 Å². The Morgan fingerprint density at radius 3 is 2.43 bits per heavy atom. The second-order valence-corrected chi connectivity index (χ2v) is 0.801. The minimum atomic E-state index is -1.10. The van der Waals surface area contributed by atoms with Gasteiger partial charge in [0.25, 0.3) is 0 Å². The van der Waals surface area contributed by atoms with Crippen molar-refractivity contribution in [2.45, 2.75) is 0 Å². The largest absolute Gasteiger partial charge is 0.478 e. The Bertz CT molecular complexity index is 88.2. The van der Waals surface area contributed by atoms with Crippen molar-refractivity contribution >= 4 is 5.97 Å². The molecular formula is C3H5NO3. The monoisotopic (exact) mass is 103 g/mol. The second kappa shape index (κ2) is 3.17. The lowest BCUT2D eigenvalue weighted by Gasteiger charge is -1.78. The first-order valence-electron chi connectivity index (χ1n) is 1.56. The highest BCUT2D eigenvalue weighted by atomic mass is 16.5. The van der Waals surface area contributed by atoms with Gasteiger partial charge in [0.1, 0.15) is 0 Å². The summed E-state index contributed by atoms with van der Waals surface area (Å²) >= 11 is 0. The quantitative estimate of drug-likeness (QED) is 0.327. The summed E-state index contributed by atoms with van der Waals surface area (Å²) in [6.45, 7) is 0. The van der Waals surface area contributed by atoms with Gasteiger partial charge < -0.3 is 5.11 Å². The molecule has 0 aromatic carbocycles. The fourth-order valence-electron chi connectivity index (χ4n) is 0.109. The van der Waals surface area contributed by atoms with Crippen LogP contribution in [0.5, 0.6) is 0 Å². The zero-order valence-corrected chi connectivity index (χ0v) is 3.46. The predicted octanol–water partition coefficient (Wildman–Crippen LogP) is -0.437. The highest BCUT2D eigenvalue weighted by molar-refractivity contribution is 5.79. The molecule has 4 nitrogen and oxygen atoms in total. The molecule has 0 atom stereocenters. The van der Waals surface area contributed by atoms with Crippen molar-refractivity contribution in [2.24, 2.45) is 0 Å². The maximum Gasteiger partial charge on any atom is 0.329 e. The van der Waals surface area contributed by atoms with Gasteiger partial charge in [-0.25, -0.2) is 4.79 Å². The predicted molar refractivity (Wildman–Crippen MR) is 21.7 cm³/mol. The van der Waals surface area contributed by atoms with Crippen LogP contribution in [0.3, 0.4) is 0 Å². The third-order valence-corrected chi connectivity index (χ3v) is 0.300. The Kier molecular flexibility index (Phi) is 2.70. The molecule has 0 fully saturated rings. The SMILES string of the molecule is O=C(O)C=CNO. The van der Waals surface area contributed by atoms with E-state index in [-0.39, 0.29) is 0 Å². The lowest BCUT2D eigenvalue weighted by Crippen LogP contribution is -1.96. The van der Waals surface area contributed by atoms with E-state index in [2.05, 4.69) is 0 Å². The molecule has 0 aliphatic rings. The van der Waals surface area contributed by atoms with E-state index in [1.54, 1.807) is 0 Å². The minimum Gasteiger partial charge on any atom is -0.478 e. The topological polar surface area (TPSA) is 69.6 Å². The standard InChI is InChI=1S/C3H5NO3/c5-3(6)1-2-4-7/h1-2,4,7H,(H,5,6). The molecule has 0 bridgehead atoms. The van der Waals surface area contributed by atoms with Crippen molar-refractivity contribution in [3.8, 4) is 0 Å². The number of carboxylic acids is 1. The average Bonchev–Trinajstić information content (AvgIpc) is 1.61. The van der Waals surface area contributed by atoms with Crippen LogP contribution in [-0.4, -0.2) is 16.3 Å². The molecule has 0 spiro atoms. The van der Waals surface area contributed by atoms with Gasteiger partial charge in [0.2, 0.25) is 0 Å². The van der Waals surface area contributed by atoms with Gasteiger partial charge in [0, 0.05) is 12.3 Å². The van der Waals surface area contributed by atoms with Crippen LogP contribution in [0.25, 0.3) is 0 Å². The number of hydrogen-bond acceptors (Lipinski definition) is 3. The van der Waals surface area contributed by atoms with Crippen molar-refractivity contribution in [2.75, 3.05) is 0 Å². The fourth-order valence-corrected chi connectivity index (χ4v) is 0.109. The molecule has 0 saturated carbocycles. The molecule has 40 valence electrons. The smallest absolute Gasteiger partial charge is 0.329 e. The summed E-state index contributed by atoms with van der Waals surface area (Å²) in [4.78, 5) is 9.52. The normalized spacial score (nSPS) is 9.29. The number of hydroxylamine groups is 1. The van der Waals surface area contributed by atoms with E-state index in [0.717, 1.165) is 12.3 Å². The Labute approximate surface area is 40.0 Å². The third-order valence-electron chi connectivity index (χ3n) is 0.300. The zero-order chi connectivity index (χ0) is 5.70. The van der Waals surface area contributed by atoms with Crippen molar-refractivity contribution in [1.29, 1.82) is 0 Å². The summed E-state index contributed by atoms with van der Waals surface area (Å²) in [5.74, 6) is -1.10. The molecule has 0 amide bonds. The summed E-state index contributed by atoms with van der Waals surface area (Å²) in [6, 6.07) is 0. The zero-order valence-electron chi connectivity index (χ0n) is 3.46. The first-order chi connectivity index (χ1) is 3.27. The summed E-state index contributed by atoms with van der Waals surface area (Å²) in [7, 11) is 0. The van der Waals surface area contributed by atoms with E-state index in [1.165, 1.54) is 5.48 Å². The van der Waals surface area contributed by atoms with Crippen LogP contribution >= 0.6 is 0 Å². The molecule has 0 aromatic rings. The van der Waals surface area contributed by atoms with Gasteiger partial charge in [-0.05, 0) is 0 Å². The van der Waals surface area contributed by atoms with Gasteiger partial charge in [-0.15, -0.1) is 0 Å². The van der Waals surface area contributed by atoms with Gasteiger partial charge >= 0.3 is 5.97 Å². The number of aliphatic carboxylic acids is 1. The lowest BCUT2D eigenvalue weighted by molar-refractivity contribution is -0.131. The molecular weight excluding hydrogens is 98.0 g/mol. The Balaban J connectivity index is 3.26. The molecule has 0 aromatic heterocycles. The van der Waals surface area contributed by atoms with Gasteiger partial charge in [-0.2, -0.15) is 0 Å². The molecule has 0 heterocycles. The van der Waals surface area contributed by atoms with E-state index in [0.29, 0.717) is 0 Å². The summed E-state index contributed by atoms with van der Waals surface area (Å²) < 4.78 is 0. The van der Waals surface area contributed by atoms with Crippen LogP contribution in [0.15, 0.2) is 12.3 Å². The first kappa shape index (κ1) is 5.97. The van der Waals surface area contributed by atoms with E-state index in [4.69, 9.17) is 10.3 Å². The molecule has 3 N–H and O–H groups in total. The van der Waals surface area contributed by atoms with Crippen LogP contribution in [0.2, 0.25) is 0 Å². The number of carbonyl (C=O) groups is 1. The Morgan fingerprint density at radius 1 is 1.71 bits per heavy atom. The van der Waals surface area contributed by atoms with Crippen LogP contribution in [-0.2, 0) is 4.79 Å². The summed E-state index contributed by atoms with van der Waals surface area (Å²) in [5.41, 5.74) is 1.54. The molecule has 7 heavy (non-hydrogen) atoms. The highest BCUT2D eigenvalue weighted by Gasteiger charge is 1.79. The molecule has 0 aliphatic carbocycles. The van der Waals surface area contributed by atoms with E-state index in [1.807, 2.05) is 0 Å². The number of nitrogens with one attached hydrogen (secondary N) is 1. The Hall–Kier alpha value is -1.03. The number of hydrogen-bond donors (Lipinski definition) is 3. The lowest BCUT2D eigenvalue weighted by atomic mass is 10.6. The molecule has 0 rings (SSSR count). The first-order valence-corrected chi connectivity index (χ1v) is 1.56. The van der Waals surface area contributed by atoms with Gasteiger partial charge in [0.05, 0.1) is 0 Å². The molecule has 0 aliphatic heterocycles. The van der Waals surface area contributed by atoms with Crippen molar-refractivity contribution in [1.82, 2.24) is 5.48 Å². The maximum atomic E-state index is 9.52. The molecule has 0 unspecified atom stereocenters. The van der Waals surface area contributed by atoms with Gasteiger partial charge in [-0.1, -0.05) is 0 Å². The van der Waals surface area contributed by atoms with E-state index >= 15 is 0 Å².